The maximum absolute atomic E-state index is 12.5. The molecule has 0 aromatic carbocycles. The average molecular weight is 587 g/mol. The molecular weight excluding hydrogens is 570 g/mol. The van der Waals surface area contributed by atoms with Crippen LogP contribution in [-0.4, -0.2) is 79.1 Å². The minimum Gasteiger partial charge on any atom is -0.387 e. The summed E-state index contributed by atoms with van der Waals surface area (Å²) in [6.45, 7) is -1.17. The van der Waals surface area contributed by atoms with Crippen molar-refractivity contribution in [3.8, 4) is 0 Å². The Kier molecular flexibility index (Phi) is 8.04. The van der Waals surface area contributed by atoms with Crippen LogP contribution in [0.15, 0.2) is 12.7 Å². The van der Waals surface area contributed by atoms with Crippen molar-refractivity contribution in [1.29, 1.82) is 0 Å². The Morgan fingerprint density at radius 3 is 2.17 bits per heavy atom. The Bertz CT molecular complexity index is 1270. The summed E-state index contributed by atoms with van der Waals surface area (Å²) in [4.78, 5) is 55.9. The number of nitrogen functional groups attached to an aromatic ring is 1. The molecule has 1 saturated heterocycles. The van der Waals surface area contributed by atoms with Crippen LogP contribution in [0, 0.1) is 0 Å². The SMILES string of the molecule is Nc1ncnc2c1ncn2[C@@H]1O[C@H](COP(=O)(OP(=O)(O)O)OP(=O)(O)OP(=O)(O)O)C(O)C1O. The van der Waals surface area contributed by atoms with Crippen molar-refractivity contribution in [3.63, 3.8) is 0 Å². The summed E-state index contributed by atoms with van der Waals surface area (Å²) < 4.78 is 68.1. The van der Waals surface area contributed by atoms with Crippen molar-refractivity contribution in [2.45, 2.75) is 24.5 Å². The second-order valence-corrected chi connectivity index (χ2v) is 12.6. The number of aliphatic hydroxyl groups excluding tert-OH is 2. The van der Waals surface area contributed by atoms with Gasteiger partial charge in [-0.3, -0.25) is 9.09 Å². The van der Waals surface area contributed by atoms with Crippen molar-refractivity contribution in [2.75, 3.05) is 12.3 Å². The molecule has 1 fully saturated rings. The third-order valence-corrected chi connectivity index (χ3v) is 9.43. The van der Waals surface area contributed by atoms with Crippen LogP contribution in [-0.2, 0) is 40.5 Å². The van der Waals surface area contributed by atoms with E-state index in [1.807, 2.05) is 0 Å². The van der Waals surface area contributed by atoms with E-state index in [1.165, 1.54) is 0 Å². The molecule has 0 radical (unpaired) electrons. The Morgan fingerprint density at radius 1 is 0.943 bits per heavy atom. The minimum atomic E-state index is -6.00. The van der Waals surface area contributed by atoms with Gasteiger partial charge < -0.3 is 45.2 Å². The molecule has 35 heavy (non-hydrogen) atoms. The fourth-order valence-corrected chi connectivity index (χ4v) is 7.40. The van der Waals surface area contributed by atoms with Gasteiger partial charge >= 0.3 is 31.3 Å². The number of anilines is 1. The lowest BCUT2D eigenvalue weighted by Gasteiger charge is -2.22. The highest BCUT2D eigenvalue weighted by Crippen LogP contribution is 2.72. The highest BCUT2D eigenvalue weighted by atomic mass is 31.3. The molecule has 25 heteroatoms. The van der Waals surface area contributed by atoms with Gasteiger partial charge in [0.25, 0.3) is 0 Å². The average Bonchev–Trinajstić information content (AvgIpc) is 3.19. The number of rotatable bonds is 10. The number of fused-ring (bicyclic) bond motifs is 1. The zero-order valence-corrected chi connectivity index (χ0v) is 20.2. The van der Waals surface area contributed by atoms with Gasteiger partial charge in [0, 0.05) is 0 Å². The van der Waals surface area contributed by atoms with E-state index in [4.69, 9.17) is 30.0 Å². The smallest absolute Gasteiger partial charge is 0.387 e. The van der Waals surface area contributed by atoms with Gasteiger partial charge in [-0.05, 0) is 0 Å². The van der Waals surface area contributed by atoms with E-state index >= 15 is 0 Å². The maximum atomic E-state index is 12.5. The quantitative estimate of drug-likeness (QED) is 0.146. The number of hydrogen-bond acceptors (Lipinski definition) is 15. The van der Waals surface area contributed by atoms with E-state index in [2.05, 4.69) is 32.4 Å². The molecule has 1 aliphatic heterocycles. The Morgan fingerprint density at radius 2 is 1.57 bits per heavy atom. The van der Waals surface area contributed by atoms with Crippen LogP contribution in [0.5, 0.6) is 0 Å². The zero-order chi connectivity index (χ0) is 26.4. The van der Waals surface area contributed by atoms with Gasteiger partial charge in [-0.25, -0.2) is 33.2 Å². The molecule has 3 rings (SSSR count). The van der Waals surface area contributed by atoms with Crippen LogP contribution in [0.3, 0.4) is 0 Å². The summed E-state index contributed by atoms with van der Waals surface area (Å²) in [5.41, 5.74) is 5.86. The van der Waals surface area contributed by atoms with Crippen LogP contribution < -0.4 is 5.73 Å². The molecule has 0 saturated carbocycles. The minimum absolute atomic E-state index is 0.0136. The van der Waals surface area contributed by atoms with Crippen LogP contribution in [0.4, 0.5) is 5.82 Å². The fourth-order valence-electron chi connectivity index (χ4n) is 2.79. The standard InChI is InChI=1S/C10H17N5O16P4/c11-8-5-9(13-2-12-8)15(3-14-5)10-7(17)6(16)4(28-10)1-27-35(26,30-33(21,22)23)31-34(24,25)29-32(18,19)20/h2-4,6-7,10,16-17H,1H2,(H,24,25)(H2,11,12,13)(H2,18,19,20)(H2,21,22,23)/t4-,6?,7?,10-,35?/m1/s1. The molecule has 2 aromatic rings. The molecule has 4 unspecified atom stereocenters. The molecule has 0 aliphatic carbocycles. The molecule has 1 aliphatic rings. The van der Waals surface area contributed by atoms with E-state index in [1.54, 1.807) is 0 Å². The number of ether oxygens (including phenoxy) is 1. The summed E-state index contributed by atoms with van der Waals surface area (Å²) in [7, 11) is -23.4. The van der Waals surface area contributed by atoms with Gasteiger partial charge in [-0.15, -0.1) is 0 Å². The molecule has 0 spiro atoms. The third-order valence-electron chi connectivity index (χ3n) is 4.01. The van der Waals surface area contributed by atoms with Gasteiger partial charge in [-0.1, -0.05) is 0 Å². The van der Waals surface area contributed by atoms with Gasteiger partial charge in [0.2, 0.25) is 0 Å². The summed E-state index contributed by atoms with van der Waals surface area (Å²) >= 11 is 0. The Labute approximate surface area is 193 Å². The molecule has 0 bridgehead atoms. The number of phosphoric acid groups is 4. The van der Waals surface area contributed by atoms with Gasteiger partial charge in [0.05, 0.1) is 12.9 Å². The maximum Gasteiger partial charge on any atom is 0.492 e. The predicted molar refractivity (Wildman–Crippen MR) is 106 cm³/mol. The van der Waals surface area contributed by atoms with Crippen molar-refractivity contribution in [3.05, 3.63) is 12.7 Å². The molecule has 21 nitrogen and oxygen atoms in total. The molecule has 0 amide bonds. The van der Waals surface area contributed by atoms with E-state index in [9.17, 15) is 33.4 Å². The van der Waals surface area contributed by atoms with E-state index in [0.717, 1.165) is 17.2 Å². The highest BCUT2D eigenvalue weighted by Gasteiger charge is 2.49. The summed E-state index contributed by atoms with van der Waals surface area (Å²) in [5, 5.41) is 20.6. The number of nitrogens with two attached hydrogens (primary N) is 1. The lowest BCUT2D eigenvalue weighted by molar-refractivity contribution is -0.0502. The van der Waals surface area contributed by atoms with Crippen molar-refractivity contribution in [1.82, 2.24) is 19.5 Å². The number of nitrogens with zero attached hydrogens (tertiary/aromatic N) is 4. The first-order valence-corrected chi connectivity index (χ1v) is 14.7. The van der Waals surface area contributed by atoms with Crippen LogP contribution in [0.2, 0.25) is 0 Å². The van der Waals surface area contributed by atoms with Gasteiger partial charge in [0.15, 0.2) is 17.7 Å². The highest BCUT2D eigenvalue weighted by molar-refractivity contribution is 7.69. The molecular formula is C10H17N5O16P4. The van der Waals surface area contributed by atoms with Crippen molar-refractivity contribution in [2.24, 2.45) is 0 Å². The molecule has 3 heterocycles. The lowest BCUT2D eigenvalue weighted by atomic mass is 10.1. The number of hydrogen-bond donors (Lipinski definition) is 8. The predicted octanol–water partition coefficient (Wildman–Crippen LogP) is -1.51. The topological polar surface area (TPSA) is 326 Å². The molecule has 9 N–H and O–H groups in total. The fraction of sp³-hybridized carbons (Fsp3) is 0.500. The van der Waals surface area contributed by atoms with Crippen molar-refractivity contribution >= 4 is 48.3 Å². The monoisotopic (exact) mass is 587 g/mol. The number of aliphatic hydroxyl groups is 2. The number of imidazole rings is 1. The normalized spacial score (nSPS) is 27.1. The van der Waals surface area contributed by atoms with E-state index < -0.39 is 62.4 Å². The lowest BCUT2D eigenvalue weighted by Crippen LogP contribution is -2.33. The Balaban J connectivity index is 1.79. The van der Waals surface area contributed by atoms with Crippen LogP contribution in [0.25, 0.3) is 11.2 Å². The van der Waals surface area contributed by atoms with Gasteiger partial charge in [-0.2, -0.15) is 12.9 Å². The second kappa shape index (κ2) is 9.92. The first-order valence-electron chi connectivity index (χ1n) is 8.67. The molecule has 198 valence electrons. The molecule has 2 aromatic heterocycles. The number of aromatic nitrogens is 4. The van der Waals surface area contributed by atoms with Gasteiger partial charge in [0.1, 0.15) is 30.2 Å². The van der Waals surface area contributed by atoms with Crippen LogP contribution in [0.1, 0.15) is 6.23 Å². The summed E-state index contributed by atoms with van der Waals surface area (Å²) in [5.74, 6) is -0.0136. The summed E-state index contributed by atoms with van der Waals surface area (Å²) in [6.07, 6.45) is -4.40. The zero-order valence-electron chi connectivity index (χ0n) is 16.6. The van der Waals surface area contributed by atoms with Crippen LogP contribution >= 0.6 is 31.3 Å². The first-order chi connectivity index (χ1) is 15.9. The van der Waals surface area contributed by atoms with Crippen molar-refractivity contribution < 1.29 is 75.1 Å². The third kappa shape index (κ3) is 7.18. The first kappa shape index (κ1) is 28.4. The largest absolute Gasteiger partial charge is 0.492 e. The second-order valence-electron chi connectivity index (χ2n) is 6.57. The van der Waals surface area contributed by atoms with E-state index in [-0.39, 0.29) is 17.0 Å². The summed E-state index contributed by atoms with van der Waals surface area (Å²) in [6, 6.07) is 0. The molecule has 6 atom stereocenters. The van der Waals surface area contributed by atoms with E-state index in [0.29, 0.717) is 0 Å². The Hall–Kier alpha value is -1.21.